The highest BCUT2D eigenvalue weighted by Gasteiger charge is 2.21. The molecule has 0 aliphatic carbocycles. The zero-order chi connectivity index (χ0) is 18.8. The predicted molar refractivity (Wildman–Crippen MR) is 103 cm³/mol. The molecule has 3 aromatic rings. The van der Waals surface area contributed by atoms with Crippen LogP contribution in [0.25, 0.3) is 11.0 Å². The van der Waals surface area contributed by atoms with E-state index in [1.165, 1.54) is 6.07 Å². The second-order valence-electron chi connectivity index (χ2n) is 7.21. The van der Waals surface area contributed by atoms with Gasteiger partial charge in [-0.2, -0.15) is 0 Å². The van der Waals surface area contributed by atoms with Crippen LogP contribution in [0.2, 0.25) is 0 Å². The molecule has 140 valence electrons. The Morgan fingerprint density at radius 3 is 2.85 bits per heavy atom. The maximum atomic E-state index is 13.3. The first-order valence-corrected chi connectivity index (χ1v) is 9.31. The number of fused-ring (bicyclic) bond motifs is 1. The number of amides is 1. The number of benzene rings is 2. The van der Waals surface area contributed by atoms with Crippen LogP contribution in [0.4, 0.5) is 4.39 Å². The molecule has 2 aromatic carbocycles. The fourth-order valence-corrected chi connectivity index (χ4v) is 3.68. The van der Waals surface area contributed by atoms with E-state index in [4.69, 9.17) is 0 Å². The zero-order valence-corrected chi connectivity index (χ0v) is 15.3. The molecular weight excluding hydrogens is 343 g/mol. The van der Waals surface area contributed by atoms with Crippen LogP contribution in [0.1, 0.15) is 34.6 Å². The van der Waals surface area contributed by atoms with E-state index in [-0.39, 0.29) is 17.8 Å². The smallest absolute Gasteiger partial charge is 0.251 e. The maximum Gasteiger partial charge on any atom is 0.251 e. The van der Waals surface area contributed by atoms with E-state index < -0.39 is 0 Å². The molecule has 0 bridgehead atoms. The van der Waals surface area contributed by atoms with Crippen LogP contribution in [0.5, 0.6) is 0 Å². The van der Waals surface area contributed by atoms with Gasteiger partial charge < -0.3 is 10.3 Å². The molecule has 1 saturated heterocycles. The molecule has 1 amide bonds. The number of piperidine rings is 1. The van der Waals surface area contributed by atoms with E-state index in [1.807, 2.05) is 31.2 Å². The lowest BCUT2D eigenvalue weighted by atomic mass is 10.0. The van der Waals surface area contributed by atoms with Crippen molar-refractivity contribution in [3.63, 3.8) is 0 Å². The van der Waals surface area contributed by atoms with Crippen LogP contribution in [0.15, 0.2) is 42.5 Å². The Bertz CT molecular complexity index is 960. The predicted octanol–water partition coefficient (Wildman–Crippen LogP) is 3.40. The standard InChI is InChI=1S/C21H23FN4O/c1-14-23-19-6-5-16(12-20(19)24-14)21(27)25-18-7-9-26(10-8-18)13-15-3-2-4-17(22)11-15/h2-6,11-12,18H,7-10,13H2,1H3,(H,23,24)(H,25,27). The lowest BCUT2D eigenvalue weighted by Crippen LogP contribution is -2.44. The summed E-state index contributed by atoms with van der Waals surface area (Å²) in [6.45, 7) is 4.42. The minimum absolute atomic E-state index is 0.0484. The number of carbonyl (C=O) groups is 1. The van der Waals surface area contributed by atoms with Crippen molar-refractivity contribution >= 4 is 16.9 Å². The molecule has 6 heteroatoms. The van der Waals surface area contributed by atoms with Gasteiger partial charge in [-0.3, -0.25) is 9.69 Å². The lowest BCUT2D eigenvalue weighted by molar-refractivity contribution is 0.0909. The van der Waals surface area contributed by atoms with Crippen molar-refractivity contribution in [3.8, 4) is 0 Å². The van der Waals surface area contributed by atoms with Crippen LogP contribution >= 0.6 is 0 Å². The van der Waals surface area contributed by atoms with Gasteiger partial charge in [0.25, 0.3) is 5.91 Å². The van der Waals surface area contributed by atoms with Crippen molar-refractivity contribution in [2.45, 2.75) is 32.4 Å². The fraction of sp³-hybridized carbons (Fsp3) is 0.333. The van der Waals surface area contributed by atoms with Crippen molar-refractivity contribution < 1.29 is 9.18 Å². The third-order valence-corrected chi connectivity index (χ3v) is 5.08. The minimum atomic E-state index is -0.195. The van der Waals surface area contributed by atoms with E-state index in [0.717, 1.165) is 54.9 Å². The number of hydrogen-bond acceptors (Lipinski definition) is 3. The number of rotatable bonds is 4. The van der Waals surface area contributed by atoms with E-state index in [0.29, 0.717) is 5.56 Å². The van der Waals surface area contributed by atoms with Gasteiger partial charge in [-0.25, -0.2) is 9.37 Å². The van der Waals surface area contributed by atoms with Gasteiger partial charge >= 0.3 is 0 Å². The number of halogens is 1. The van der Waals surface area contributed by atoms with Crippen LogP contribution in [-0.4, -0.2) is 39.9 Å². The molecule has 0 saturated carbocycles. The lowest BCUT2D eigenvalue weighted by Gasteiger charge is -2.32. The Hall–Kier alpha value is -2.73. The number of carbonyl (C=O) groups excluding carboxylic acids is 1. The summed E-state index contributed by atoms with van der Waals surface area (Å²) in [6.07, 6.45) is 1.79. The highest BCUT2D eigenvalue weighted by atomic mass is 19.1. The van der Waals surface area contributed by atoms with Gasteiger partial charge in [0.2, 0.25) is 0 Å². The van der Waals surface area contributed by atoms with Gasteiger partial charge in [0, 0.05) is 31.2 Å². The second kappa shape index (κ2) is 7.48. The number of nitrogens with one attached hydrogen (secondary N) is 2. The summed E-state index contributed by atoms with van der Waals surface area (Å²) in [7, 11) is 0. The third kappa shape index (κ3) is 4.17. The Labute approximate surface area is 157 Å². The number of nitrogens with zero attached hydrogens (tertiary/aromatic N) is 2. The number of aromatic nitrogens is 2. The van der Waals surface area contributed by atoms with Crippen LogP contribution < -0.4 is 5.32 Å². The van der Waals surface area contributed by atoms with Crippen molar-refractivity contribution in [2.75, 3.05) is 13.1 Å². The van der Waals surface area contributed by atoms with E-state index in [9.17, 15) is 9.18 Å². The van der Waals surface area contributed by atoms with Gasteiger partial charge in [-0.1, -0.05) is 12.1 Å². The van der Waals surface area contributed by atoms with E-state index >= 15 is 0 Å². The summed E-state index contributed by atoms with van der Waals surface area (Å²) in [5, 5.41) is 3.14. The van der Waals surface area contributed by atoms with E-state index in [1.54, 1.807) is 12.1 Å². The molecule has 1 fully saturated rings. The minimum Gasteiger partial charge on any atom is -0.349 e. The van der Waals surface area contributed by atoms with Crippen molar-refractivity contribution in [1.29, 1.82) is 0 Å². The van der Waals surface area contributed by atoms with Crippen LogP contribution in [-0.2, 0) is 6.54 Å². The number of aryl methyl sites for hydroxylation is 1. The monoisotopic (exact) mass is 366 g/mol. The molecule has 0 unspecified atom stereocenters. The highest BCUT2D eigenvalue weighted by Crippen LogP contribution is 2.17. The Morgan fingerprint density at radius 1 is 1.26 bits per heavy atom. The topological polar surface area (TPSA) is 61.0 Å². The molecular formula is C21H23FN4O. The normalized spacial score (nSPS) is 15.9. The third-order valence-electron chi connectivity index (χ3n) is 5.08. The average Bonchev–Trinajstić information content (AvgIpc) is 3.02. The number of imidazole rings is 1. The first-order chi connectivity index (χ1) is 13.1. The maximum absolute atomic E-state index is 13.3. The SMILES string of the molecule is Cc1nc2ccc(C(=O)NC3CCN(Cc4cccc(F)c4)CC3)cc2[nH]1. The van der Waals surface area contributed by atoms with Gasteiger partial charge in [0.1, 0.15) is 11.6 Å². The Balaban J connectivity index is 1.32. The van der Waals surface area contributed by atoms with Crippen molar-refractivity contribution in [3.05, 3.63) is 65.2 Å². The quantitative estimate of drug-likeness (QED) is 0.744. The molecule has 2 heterocycles. The van der Waals surface area contributed by atoms with Gasteiger partial charge in [0.05, 0.1) is 11.0 Å². The molecule has 1 aliphatic heterocycles. The van der Waals surface area contributed by atoms with Gasteiger partial charge in [-0.15, -0.1) is 0 Å². The van der Waals surface area contributed by atoms with E-state index in [2.05, 4.69) is 20.2 Å². The number of hydrogen-bond donors (Lipinski definition) is 2. The summed E-state index contributed by atoms with van der Waals surface area (Å²) in [5.74, 6) is 0.597. The molecule has 0 radical (unpaired) electrons. The Kier molecular flexibility index (Phi) is 4.90. The molecule has 5 nitrogen and oxygen atoms in total. The largest absolute Gasteiger partial charge is 0.349 e. The molecule has 0 atom stereocenters. The van der Waals surface area contributed by atoms with Gasteiger partial charge in [0.15, 0.2) is 0 Å². The van der Waals surface area contributed by atoms with Crippen molar-refractivity contribution in [1.82, 2.24) is 20.2 Å². The summed E-state index contributed by atoms with van der Waals surface area (Å²) in [6, 6.07) is 12.4. The molecule has 1 aliphatic rings. The molecule has 1 aromatic heterocycles. The molecule has 2 N–H and O–H groups in total. The fourth-order valence-electron chi connectivity index (χ4n) is 3.68. The number of aromatic amines is 1. The van der Waals surface area contributed by atoms with Crippen LogP contribution in [0, 0.1) is 12.7 Å². The van der Waals surface area contributed by atoms with Gasteiger partial charge in [-0.05, 0) is 55.7 Å². The molecule has 4 rings (SSSR count). The molecule has 27 heavy (non-hydrogen) atoms. The zero-order valence-electron chi connectivity index (χ0n) is 15.3. The summed E-state index contributed by atoms with van der Waals surface area (Å²) < 4.78 is 13.3. The first kappa shape index (κ1) is 17.7. The second-order valence-corrected chi connectivity index (χ2v) is 7.21. The summed E-state index contributed by atoms with van der Waals surface area (Å²) in [4.78, 5) is 22.4. The van der Waals surface area contributed by atoms with Crippen LogP contribution in [0.3, 0.4) is 0 Å². The summed E-state index contributed by atoms with van der Waals surface area (Å²) in [5.41, 5.74) is 3.38. The van der Waals surface area contributed by atoms with Crippen molar-refractivity contribution in [2.24, 2.45) is 0 Å². The highest BCUT2D eigenvalue weighted by molar-refractivity contribution is 5.97. The average molecular weight is 366 g/mol. The number of likely N-dealkylation sites (tertiary alicyclic amines) is 1. The number of H-pyrrole nitrogens is 1. The first-order valence-electron chi connectivity index (χ1n) is 9.31. The summed E-state index contributed by atoms with van der Waals surface area (Å²) >= 11 is 0. The Morgan fingerprint density at radius 2 is 2.07 bits per heavy atom. The molecule has 0 spiro atoms.